The van der Waals surface area contributed by atoms with Crippen molar-refractivity contribution in [3.05, 3.63) is 108 Å². The van der Waals surface area contributed by atoms with E-state index in [0.717, 1.165) is 30.9 Å². The van der Waals surface area contributed by atoms with Gasteiger partial charge in [-0.25, -0.2) is 4.68 Å². The zero-order valence-corrected chi connectivity index (χ0v) is 20.0. The number of carbonyl (C=O) groups excluding carboxylic acids is 1. The Morgan fingerprint density at radius 3 is 2.23 bits per heavy atom. The molecule has 1 fully saturated rings. The number of piperazine rings is 1. The zero-order chi connectivity index (χ0) is 24.0. The topological polar surface area (TPSA) is 50.6 Å². The van der Waals surface area contributed by atoms with Crippen LogP contribution < -0.4 is 4.74 Å². The summed E-state index contributed by atoms with van der Waals surface area (Å²) in [5.41, 5.74) is 5.35. The van der Waals surface area contributed by atoms with Crippen LogP contribution in [0.5, 0.6) is 5.75 Å². The Bertz CT molecular complexity index is 1240. The molecule has 0 radical (unpaired) electrons. The van der Waals surface area contributed by atoms with Gasteiger partial charge in [0.1, 0.15) is 5.75 Å². The normalized spacial score (nSPS) is 14.1. The van der Waals surface area contributed by atoms with Gasteiger partial charge in [-0.3, -0.25) is 9.69 Å². The minimum atomic E-state index is -0.0223. The van der Waals surface area contributed by atoms with Crippen molar-refractivity contribution in [3.63, 3.8) is 0 Å². The van der Waals surface area contributed by atoms with Gasteiger partial charge in [0.15, 0.2) is 12.4 Å². The average Bonchev–Trinajstić information content (AvgIpc) is 3.39. The van der Waals surface area contributed by atoms with Crippen LogP contribution in [0.4, 0.5) is 0 Å². The molecule has 0 atom stereocenters. The Morgan fingerprint density at radius 2 is 1.51 bits per heavy atom. The van der Waals surface area contributed by atoms with Gasteiger partial charge in [-0.15, -0.1) is 0 Å². The number of benzene rings is 3. The highest BCUT2D eigenvalue weighted by atomic mass is 16.5. The second kappa shape index (κ2) is 10.6. The van der Waals surface area contributed by atoms with Crippen molar-refractivity contribution in [2.75, 3.05) is 26.2 Å². The van der Waals surface area contributed by atoms with Crippen LogP contribution in [0.1, 0.15) is 21.6 Å². The van der Waals surface area contributed by atoms with Gasteiger partial charge < -0.3 is 9.64 Å². The van der Waals surface area contributed by atoms with Crippen LogP contribution in [-0.2, 0) is 13.3 Å². The number of ether oxygens (including phenoxy) is 1. The Hall–Kier alpha value is -3.90. The lowest BCUT2D eigenvalue weighted by Gasteiger charge is -2.34. The lowest BCUT2D eigenvalue weighted by atomic mass is 10.1. The lowest BCUT2D eigenvalue weighted by Crippen LogP contribution is -2.48. The van der Waals surface area contributed by atoms with E-state index < -0.39 is 0 Å². The van der Waals surface area contributed by atoms with Crippen LogP contribution in [0.25, 0.3) is 11.1 Å². The summed E-state index contributed by atoms with van der Waals surface area (Å²) in [5, 5.41) is 4.45. The van der Waals surface area contributed by atoms with E-state index in [1.165, 1.54) is 16.7 Å². The van der Waals surface area contributed by atoms with Crippen molar-refractivity contribution in [2.24, 2.45) is 0 Å². The summed E-state index contributed by atoms with van der Waals surface area (Å²) in [7, 11) is 0. The first-order valence-electron chi connectivity index (χ1n) is 12.0. The lowest BCUT2D eigenvalue weighted by molar-refractivity contribution is 0.0621. The van der Waals surface area contributed by atoms with E-state index in [2.05, 4.69) is 53.3 Å². The molecule has 178 valence electrons. The molecule has 6 nitrogen and oxygen atoms in total. The SMILES string of the molecule is Cc1ccc(CN2CCN(C(=O)c3ccn(COc4ccc(-c5ccccc5)cc4)n3)CC2)cc1. The molecule has 1 saturated heterocycles. The van der Waals surface area contributed by atoms with Crippen LogP contribution in [0.3, 0.4) is 0 Å². The standard InChI is InChI=1S/C29H30N4O2/c1-23-7-9-24(10-8-23)21-31-17-19-32(20-18-31)29(34)28-15-16-33(30-28)22-35-27-13-11-26(12-14-27)25-5-3-2-4-6-25/h2-16H,17-22H2,1H3. The predicted molar refractivity (Wildman–Crippen MR) is 137 cm³/mol. The maximum Gasteiger partial charge on any atom is 0.274 e. The third kappa shape index (κ3) is 5.78. The summed E-state index contributed by atoms with van der Waals surface area (Å²) in [5.74, 6) is 0.740. The van der Waals surface area contributed by atoms with E-state index in [0.29, 0.717) is 18.8 Å². The first-order chi connectivity index (χ1) is 17.1. The number of rotatable bonds is 7. The molecule has 0 spiro atoms. The third-order valence-electron chi connectivity index (χ3n) is 6.37. The van der Waals surface area contributed by atoms with Crippen LogP contribution in [0, 0.1) is 6.92 Å². The van der Waals surface area contributed by atoms with Gasteiger partial charge in [-0.1, -0.05) is 72.3 Å². The summed E-state index contributed by atoms with van der Waals surface area (Å²) < 4.78 is 7.53. The maximum atomic E-state index is 13.0. The second-order valence-electron chi connectivity index (χ2n) is 8.96. The molecule has 35 heavy (non-hydrogen) atoms. The molecular weight excluding hydrogens is 436 g/mol. The van der Waals surface area contributed by atoms with E-state index in [1.54, 1.807) is 16.9 Å². The van der Waals surface area contributed by atoms with Gasteiger partial charge in [-0.2, -0.15) is 5.10 Å². The summed E-state index contributed by atoms with van der Waals surface area (Å²) in [6.45, 7) is 6.42. The number of nitrogens with zero attached hydrogens (tertiary/aromatic N) is 4. The molecule has 0 bridgehead atoms. The number of hydrogen-bond acceptors (Lipinski definition) is 4. The number of hydrogen-bond donors (Lipinski definition) is 0. The van der Waals surface area contributed by atoms with E-state index >= 15 is 0 Å². The smallest absolute Gasteiger partial charge is 0.274 e. The molecule has 1 aliphatic heterocycles. The highest BCUT2D eigenvalue weighted by molar-refractivity contribution is 5.92. The first kappa shape index (κ1) is 22.9. The minimum Gasteiger partial charge on any atom is -0.471 e. The quantitative estimate of drug-likeness (QED) is 0.391. The van der Waals surface area contributed by atoms with Gasteiger partial charge in [0.05, 0.1) is 0 Å². The molecule has 1 aliphatic rings. The molecule has 1 aromatic heterocycles. The summed E-state index contributed by atoms with van der Waals surface area (Å²) in [4.78, 5) is 17.2. The van der Waals surface area contributed by atoms with Gasteiger partial charge in [0.25, 0.3) is 5.91 Å². The molecule has 3 aromatic carbocycles. The van der Waals surface area contributed by atoms with E-state index in [1.807, 2.05) is 47.4 Å². The van der Waals surface area contributed by atoms with Crippen molar-refractivity contribution in [3.8, 4) is 16.9 Å². The van der Waals surface area contributed by atoms with Crippen molar-refractivity contribution in [1.82, 2.24) is 19.6 Å². The van der Waals surface area contributed by atoms with Gasteiger partial charge in [-0.05, 0) is 41.8 Å². The molecule has 1 amide bonds. The molecule has 2 heterocycles. The van der Waals surface area contributed by atoms with Crippen LogP contribution in [-0.4, -0.2) is 51.7 Å². The number of aromatic nitrogens is 2. The van der Waals surface area contributed by atoms with Crippen LogP contribution in [0.2, 0.25) is 0 Å². The van der Waals surface area contributed by atoms with Crippen molar-refractivity contribution < 1.29 is 9.53 Å². The van der Waals surface area contributed by atoms with Gasteiger partial charge in [0, 0.05) is 38.9 Å². The number of aryl methyl sites for hydroxylation is 1. The monoisotopic (exact) mass is 466 g/mol. The molecule has 0 saturated carbocycles. The average molecular weight is 467 g/mol. The summed E-state index contributed by atoms with van der Waals surface area (Å²) >= 11 is 0. The zero-order valence-electron chi connectivity index (χ0n) is 20.0. The molecule has 6 heteroatoms. The molecule has 0 aliphatic carbocycles. The van der Waals surface area contributed by atoms with Crippen molar-refractivity contribution in [1.29, 1.82) is 0 Å². The highest BCUT2D eigenvalue weighted by Crippen LogP contribution is 2.22. The number of amides is 1. The Morgan fingerprint density at radius 1 is 0.829 bits per heavy atom. The number of carbonyl (C=O) groups is 1. The van der Waals surface area contributed by atoms with E-state index in [-0.39, 0.29) is 12.6 Å². The Labute approximate surface area is 206 Å². The highest BCUT2D eigenvalue weighted by Gasteiger charge is 2.23. The third-order valence-corrected chi connectivity index (χ3v) is 6.37. The van der Waals surface area contributed by atoms with Crippen molar-refractivity contribution >= 4 is 5.91 Å². The van der Waals surface area contributed by atoms with Gasteiger partial charge in [0.2, 0.25) is 0 Å². The van der Waals surface area contributed by atoms with Gasteiger partial charge >= 0.3 is 0 Å². The fourth-order valence-corrected chi connectivity index (χ4v) is 4.29. The molecule has 4 aromatic rings. The maximum absolute atomic E-state index is 13.0. The van der Waals surface area contributed by atoms with E-state index in [9.17, 15) is 4.79 Å². The largest absolute Gasteiger partial charge is 0.471 e. The Kier molecular flexibility index (Phi) is 6.91. The summed E-state index contributed by atoms with van der Waals surface area (Å²) in [6.07, 6.45) is 1.79. The minimum absolute atomic E-state index is 0.0223. The fraction of sp³-hybridized carbons (Fsp3) is 0.241. The van der Waals surface area contributed by atoms with Crippen molar-refractivity contribution in [2.45, 2.75) is 20.2 Å². The van der Waals surface area contributed by atoms with E-state index in [4.69, 9.17) is 4.74 Å². The predicted octanol–water partition coefficient (Wildman–Crippen LogP) is 4.85. The molecular formula is C29H30N4O2. The van der Waals surface area contributed by atoms with Crippen LogP contribution >= 0.6 is 0 Å². The second-order valence-corrected chi connectivity index (χ2v) is 8.96. The summed E-state index contributed by atoms with van der Waals surface area (Å²) in [6, 6.07) is 28.7. The first-order valence-corrected chi connectivity index (χ1v) is 12.0. The Balaban J connectivity index is 1.11. The molecule has 0 unspecified atom stereocenters. The fourth-order valence-electron chi connectivity index (χ4n) is 4.29. The molecule has 5 rings (SSSR count). The molecule has 0 N–H and O–H groups in total. The van der Waals surface area contributed by atoms with Crippen LogP contribution in [0.15, 0.2) is 91.1 Å².